The fourth-order valence-electron chi connectivity index (χ4n) is 2.64. The van der Waals surface area contributed by atoms with E-state index in [1.54, 1.807) is 61.5 Å². The van der Waals surface area contributed by atoms with Gasteiger partial charge in [-0.2, -0.15) is 5.10 Å². The van der Waals surface area contributed by atoms with Gasteiger partial charge in [-0.25, -0.2) is 10.2 Å². The van der Waals surface area contributed by atoms with Crippen LogP contribution in [-0.2, 0) is 9.53 Å². The van der Waals surface area contributed by atoms with E-state index >= 15 is 0 Å². The Kier molecular flexibility index (Phi) is 7.42. The highest BCUT2D eigenvalue weighted by molar-refractivity contribution is 5.90. The number of carbonyl (C=O) groups is 2. The maximum absolute atomic E-state index is 11.9. The highest BCUT2D eigenvalue weighted by atomic mass is 16.5. The van der Waals surface area contributed by atoms with Crippen LogP contribution < -0.4 is 14.9 Å². The van der Waals surface area contributed by atoms with Crippen LogP contribution in [0, 0.1) is 0 Å². The van der Waals surface area contributed by atoms with Crippen molar-refractivity contribution in [2.75, 3.05) is 20.3 Å². The maximum Gasteiger partial charge on any atom is 0.338 e. The van der Waals surface area contributed by atoms with E-state index in [4.69, 9.17) is 18.6 Å². The Bertz CT molecular complexity index is 1060. The lowest BCUT2D eigenvalue weighted by molar-refractivity contribution is -0.123. The Hall–Kier alpha value is -4.07. The van der Waals surface area contributed by atoms with E-state index in [0.717, 1.165) is 5.56 Å². The smallest absolute Gasteiger partial charge is 0.338 e. The Morgan fingerprint density at radius 1 is 1.03 bits per heavy atom. The number of benzene rings is 2. The minimum Gasteiger partial charge on any atom is -0.493 e. The molecule has 3 rings (SSSR count). The van der Waals surface area contributed by atoms with Gasteiger partial charge in [-0.15, -0.1) is 0 Å². The van der Waals surface area contributed by atoms with Crippen molar-refractivity contribution in [2.45, 2.75) is 6.92 Å². The summed E-state index contributed by atoms with van der Waals surface area (Å²) in [5.74, 6) is 1.26. The molecule has 0 saturated carbocycles. The fourth-order valence-corrected chi connectivity index (χ4v) is 2.64. The van der Waals surface area contributed by atoms with Crippen molar-refractivity contribution in [3.05, 3.63) is 72.0 Å². The Morgan fingerprint density at radius 3 is 2.48 bits per heavy atom. The lowest BCUT2D eigenvalue weighted by atomic mass is 10.1. The number of carbonyl (C=O) groups excluding carboxylic acids is 2. The molecule has 0 atom stereocenters. The molecule has 0 aliphatic rings. The Morgan fingerprint density at radius 2 is 1.77 bits per heavy atom. The predicted octanol–water partition coefficient (Wildman–Crippen LogP) is 3.66. The summed E-state index contributed by atoms with van der Waals surface area (Å²) >= 11 is 0. The van der Waals surface area contributed by atoms with Crippen LogP contribution in [0.2, 0.25) is 0 Å². The predicted molar refractivity (Wildman–Crippen MR) is 114 cm³/mol. The molecule has 0 spiro atoms. The summed E-state index contributed by atoms with van der Waals surface area (Å²) < 4.78 is 21.3. The number of nitrogens with zero attached hydrogens (tertiary/aromatic N) is 1. The van der Waals surface area contributed by atoms with E-state index < -0.39 is 5.91 Å². The number of hydrazone groups is 1. The zero-order chi connectivity index (χ0) is 22.1. The number of ether oxygens (including phenoxy) is 3. The molecule has 31 heavy (non-hydrogen) atoms. The van der Waals surface area contributed by atoms with Crippen molar-refractivity contribution in [2.24, 2.45) is 5.10 Å². The average molecular weight is 422 g/mol. The molecule has 1 heterocycles. The lowest BCUT2D eigenvalue weighted by Crippen LogP contribution is -2.24. The largest absolute Gasteiger partial charge is 0.493 e. The summed E-state index contributed by atoms with van der Waals surface area (Å²) in [6.45, 7) is 1.87. The molecule has 0 saturated heterocycles. The molecular weight excluding hydrogens is 400 g/mol. The normalized spacial score (nSPS) is 10.6. The van der Waals surface area contributed by atoms with Crippen LogP contribution in [0.25, 0.3) is 11.3 Å². The molecule has 1 amide bonds. The first-order chi connectivity index (χ1) is 15.1. The highest BCUT2D eigenvalue weighted by Gasteiger charge is 2.09. The first kappa shape index (κ1) is 21.6. The van der Waals surface area contributed by atoms with Crippen LogP contribution in [0.3, 0.4) is 0 Å². The number of esters is 1. The van der Waals surface area contributed by atoms with Crippen LogP contribution >= 0.6 is 0 Å². The number of para-hydroxylation sites is 2. The van der Waals surface area contributed by atoms with Gasteiger partial charge in [-0.05, 0) is 43.3 Å². The second-order valence-corrected chi connectivity index (χ2v) is 6.23. The van der Waals surface area contributed by atoms with Crippen molar-refractivity contribution in [3.63, 3.8) is 0 Å². The average Bonchev–Trinajstić information content (AvgIpc) is 3.27. The van der Waals surface area contributed by atoms with Crippen molar-refractivity contribution in [1.82, 2.24) is 5.43 Å². The molecule has 0 fully saturated rings. The third kappa shape index (κ3) is 5.96. The van der Waals surface area contributed by atoms with E-state index in [9.17, 15) is 9.59 Å². The molecule has 8 nitrogen and oxygen atoms in total. The summed E-state index contributed by atoms with van der Waals surface area (Å²) in [5, 5.41) is 3.87. The molecule has 8 heteroatoms. The molecule has 0 aliphatic heterocycles. The quantitative estimate of drug-likeness (QED) is 0.321. The van der Waals surface area contributed by atoms with Gasteiger partial charge < -0.3 is 18.6 Å². The van der Waals surface area contributed by atoms with Crippen molar-refractivity contribution in [1.29, 1.82) is 0 Å². The minimum atomic E-state index is -0.427. The molecule has 0 bridgehead atoms. The van der Waals surface area contributed by atoms with E-state index in [1.807, 2.05) is 6.07 Å². The standard InChI is InChI=1S/C23H22N2O6/c1-3-29-23(27)17-10-8-16(9-11-17)19-13-12-18(31-19)14-24-25-22(26)15-30-21-7-5-4-6-20(21)28-2/h4-14H,3,15H2,1-2H3,(H,25,26)/b24-14+. The van der Waals surface area contributed by atoms with Gasteiger partial charge in [0.2, 0.25) is 0 Å². The van der Waals surface area contributed by atoms with E-state index in [1.165, 1.54) is 13.3 Å². The SMILES string of the molecule is CCOC(=O)c1ccc(-c2ccc(/C=N/NC(=O)COc3ccccc3OC)o2)cc1. The summed E-state index contributed by atoms with van der Waals surface area (Å²) in [7, 11) is 1.53. The fraction of sp³-hybridized carbons (Fsp3) is 0.174. The van der Waals surface area contributed by atoms with Crippen molar-refractivity contribution >= 4 is 18.1 Å². The zero-order valence-electron chi connectivity index (χ0n) is 17.2. The van der Waals surface area contributed by atoms with Crippen molar-refractivity contribution < 1.29 is 28.2 Å². The highest BCUT2D eigenvalue weighted by Crippen LogP contribution is 2.25. The number of rotatable bonds is 9. The first-order valence-corrected chi connectivity index (χ1v) is 9.56. The molecule has 2 aromatic carbocycles. The van der Waals surface area contributed by atoms with E-state index in [-0.39, 0.29) is 12.6 Å². The number of hydrogen-bond acceptors (Lipinski definition) is 7. The zero-order valence-corrected chi connectivity index (χ0v) is 17.2. The number of methoxy groups -OCH3 is 1. The number of amides is 1. The van der Waals surface area contributed by atoms with Crippen LogP contribution in [-0.4, -0.2) is 38.4 Å². The van der Waals surface area contributed by atoms with Gasteiger partial charge >= 0.3 is 5.97 Å². The molecule has 3 aromatic rings. The summed E-state index contributed by atoms with van der Waals surface area (Å²) in [4.78, 5) is 23.6. The Labute approximate surface area is 179 Å². The number of hydrogen-bond donors (Lipinski definition) is 1. The van der Waals surface area contributed by atoms with E-state index in [0.29, 0.717) is 35.2 Å². The van der Waals surface area contributed by atoms with Crippen LogP contribution in [0.15, 0.2) is 70.2 Å². The van der Waals surface area contributed by atoms with Crippen LogP contribution in [0.1, 0.15) is 23.0 Å². The Balaban J connectivity index is 1.52. The molecular formula is C23H22N2O6. The number of nitrogens with one attached hydrogen (secondary N) is 1. The third-order valence-corrected chi connectivity index (χ3v) is 4.12. The van der Waals surface area contributed by atoms with Gasteiger partial charge in [-0.3, -0.25) is 4.79 Å². The monoisotopic (exact) mass is 422 g/mol. The van der Waals surface area contributed by atoms with Crippen molar-refractivity contribution in [3.8, 4) is 22.8 Å². The van der Waals surface area contributed by atoms with E-state index in [2.05, 4.69) is 10.5 Å². The van der Waals surface area contributed by atoms with Gasteiger partial charge in [0.05, 0.1) is 25.5 Å². The molecule has 1 N–H and O–H groups in total. The van der Waals surface area contributed by atoms with Gasteiger partial charge in [0.1, 0.15) is 11.5 Å². The molecule has 0 unspecified atom stereocenters. The second kappa shape index (κ2) is 10.6. The minimum absolute atomic E-state index is 0.214. The van der Waals surface area contributed by atoms with Gasteiger partial charge in [-0.1, -0.05) is 24.3 Å². The first-order valence-electron chi connectivity index (χ1n) is 9.56. The van der Waals surface area contributed by atoms with Gasteiger partial charge in [0.15, 0.2) is 18.1 Å². The lowest BCUT2D eigenvalue weighted by Gasteiger charge is -2.08. The van der Waals surface area contributed by atoms with Crippen LogP contribution in [0.4, 0.5) is 0 Å². The molecule has 1 aromatic heterocycles. The maximum atomic E-state index is 11.9. The van der Waals surface area contributed by atoms with Gasteiger partial charge in [0, 0.05) is 5.56 Å². The molecule has 160 valence electrons. The topological polar surface area (TPSA) is 99.4 Å². The summed E-state index contributed by atoms with van der Waals surface area (Å²) in [6.07, 6.45) is 1.39. The molecule has 0 radical (unpaired) electrons. The van der Waals surface area contributed by atoms with Gasteiger partial charge in [0.25, 0.3) is 5.91 Å². The number of furan rings is 1. The second-order valence-electron chi connectivity index (χ2n) is 6.23. The summed E-state index contributed by atoms with van der Waals surface area (Å²) in [5.41, 5.74) is 3.64. The summed E-state index contributed by atoms with van der Waals surface area (Å²) in [6, 6.07) is 17.4. The van der Waals surface area contributed by atoms with Crippen LogP contribution in [0.5, 0.6) is 11.5 Å². The third-order valence-electron chi connectivity index (χ3n) is 4.12. The molecule has 0 aliphatic carbocycles.